The van der Waals surface area contributed by atoms with Gasteiger partial charge in [-0.05, 0) is 48.9 Å². The third-order valence-corrected chi connectivity index (χ3v) is 3.94. The Morgan fingerprint density at radius 3 is 2.48 bits per heavy atom. The minimum atomic E-state index is -4.51. The Kier molecular flexibility index (Phi) is 8.42. The van der Waals surface area contributed by atoms with Crippen molar-refractivity contribution in [3.05, 3.63) is 53.6 Å². The molecule has 0 saturated carbocycles. The van der Waals surface area contributed by atoms with Gasteiger partial charge in [0, 0.05) is 18.5 Å². The number of amides is 2. The van der Waals surface area contributed by atoms with Crippen LogP contribution in [0.25, 0.3) is 0 Å². The average molecular weight is 437 g/mol. The van der Waals surface area contributed by atoms with Crippen LogP contribution >= 0.6 is 0 Å². The van der Waals surface area contributed by atoms with Crippen LogP contribution in [0, 0.1) is 0 Å². The quantitative estimate of drug-likeness (QED) is 0.459. The first-order chi connectivity index (χ1) is 14.7. The number of nitrogens with zero attached hydrogens (tertiary/aromatic N) is 1. The summed E-state index contributed by atoms with van der Waals surface area (Å²) in [5.41, 5.74) is 2.08. The van der Waals surface area contributed by atoms with Gasteiger partial charge in [-0.1, -0.05) is 6.07 Å². The van der Waals surface area contributed by atoms with Crippen LogP contribution in [0.15, 0.2) is 47.6 Å². The van der Waals surface area contributed by atoms with E-state index in [2.05, 4.69) is 15.8 Å². The molecule has 0 aromatic heterocycles. The van der Waals surface area contributed by atoms with Gasteiger partial charge in [-0.25, -0.2) is 5.43 Å². The van der Waals surface area contributed by atoms with Crippen LogP contribution in [0.4, 0.5) is 18.9 Å². The number of anilines is 1. The largest absolute Gasteiger partial charge is 0.493 e. The first-order valence-electron chi connectivity index (χ1n) is 9.32. The predicted octanol–water partition coefficient (Wildman–Crippen LogP) is 3.98. The fraction of sp³-hybridized carbons (Fsp3) is 0.286. The van der Waals surface area contributed by atoms with Crippen molar-refractivity contribution >= 4 is 23.7 Å². The maximum absolute atomic E-state index is 12.7. The number of hydrogen-bond donors (Lipinski definition) is 2. The van der Waals surface area contributed by atoms with Gasteiger partial charge in [0.15, 0.2) is 11.5 Å². The van der Waals surface area contributed by atoms with Crippen molar-refractivity contribution in [2.24, 2.45) is 5.10 Å². The lowest BCUT2D eigenvalue weighted by molar-refractivity contribution is -0.137. The van der Waals surface area contributed by atoms with Crippen LogP contribution in [0.2, 0.25) is 0 Å². The van der Waals surface area contributed by atoms with Gasteiger partial charge in [0.25, 0.3) is 0 Å². The number of methoxy groups -OCH3 is 1. The Balaban J connectivity index is 1.83. The third-order valence-electron chi connectivity index (χ3n) is 3.94. The zero-order valence-corrected chi connectivity index (χ0v) is 17.0. The number of halogens is 3. The molecule has 0 spiro atoms. The summed E-state index contributed by atoms with van der Waals surface area (Å²) in [4.78, 5) is 23.7. The van der Waals surface area contributed by atoms with Gasteiger partial charge in [-0.3, -0.25) is 9.59 Å². The molecule has 2 rings (SSSR count). The highest BCUT2D eigenvalue weighted by atomic mass is 19.4. The van der Waals surface area contributed by atoms with Crippen LogP contribution in [-0.4, -0.2) is 31.7 Å². The Bertz CT molecular complexity index is 946. The van der Waals surface area contributed by atoms with E-state index in [1.807, 2.05) is 6.92 Å². The van der Waals surface area contributed by atoms with E-state index < -0.39 is 23.6 Å². The average Bonchev–Trinajstić information content (AvgIpc) is 2.72. The molecule has 0 saturated heterocycles. The lowest BCUT2D eigenvalue weighted by Gasteiger charge is -2.10. The zero-order valence-electron chi connectivity index (χ0n) is 17.0. The topological polar surface area (TPSA) is 89.0 Å². The van der Waals surface area contributed by atoms with E-state index in [9.17, 15) is 22.8 Å². The SMILES string of the molecule is CCOc1cc(C=NNC(=O)CCC(=O)Nc2cccc(C(F)(F)F)c2)ccc1OC. The van der Waals surface area contributed by atoms with E-state index in [-0.39, 0.29) is 18.5 Å². The lowest BCUT2D eigenvalue weighted by atomic mass is 10.2. The number of nitrogens with one attached hydrogen (secondary N) is 2. The molecule has 2 aromatic rings. The first kappa shape index (κ1) is 23.7. The van der Waals surface area contributed by atoms with E-state index in [0.29, 0.717) is 23.7 Å². The number of hydrazone groups is 1. The molecule has 0 atom stereocenters. The van der Waals surface area contributed by atoms with Crippen molar-refractivity contribution in [2.45, 2.75) is 25.9 Å². The van der Waals surface area contributed by atoms with E-state index in [4.69, 9.17) is 9.47 Å². The fourth-order valence-corrected chi connectivity index (χ4v) is 2.50. The molecule has 166 valence electrons. The molecule has 0 fully saturated rings. The van der Waals surface area contributed by atoms with Gasteiger partial charge in [0.05, 0.1) is 25.5 Å². The summed E-state index contributed by atoms with van der Waals surface area (Å²) in [6, 6.07) is 9.38. The Morgan fingerprint density at radius 1 is 1.06 bits per heavy atom. The summed E-state index contributed by atoms with van der Waals surface area (Å²) < 4.78 is 48.8. The molecule has 0 aliphatic rings. The molecule has 0 aliphatic heterocycles. The van der Waals surface area contributed by atoms with E-state index >= 15 is 0 Å². The number of carbonyl (C=O) groups is 2. The number of rotatable bonds is 9. The Morgan fingerprint density at radius 2 is 1.81 bits per heavy atom. The number of hydrogen-bond acceptors (Lipinski definition) is 5. The summed E-state index contributed by atoms with van der Waals surface area (Å²) in [5.74, 6) is -0.00897. The van der Waals surface area contributed by atoms with Crippen LogP contribution in [-0.2, 0) is 15.8 Å². The molecule has 2 amide bonds. The summed E-state index contributed by atoms with van der Waals surface area (Å²) in [6.07, 6.45) is -3.50. The van der Waals surface area contributed by atoms with E-state index in [0.717, 1.165) is 12.1 Å². The van der Waals surface area contributed by atoms with E-state index in [1.165, 1.54) is 25.5 Å². The summed E-state index contributed by atoms with van der Waals surface area (Å²) in [7, 11) is 1.52. The molecule has 2 aromatic carbocycles. The van der Waals surface area contributed by atoms with Crippen molar-refractivity contribution in [2.75, 3.05) is 19.0 Å². The van der Waals surface area contributed by atoms with Gasteiger partial charge in [-0.15, -0.1) is 0 Å². The van der Waals surface area contributed by atoms with Crippen molar-refractivity contribution in [1.82, 2.24) is 5.43 Å². The molecular weight excluding hydrogens is 415 g/mol. The summed E-state index contributed by atoms with van der Waals surface area (Å²) >= 11 is 0. The Labute approximate surface area is 177 Å². The zero-order chi connectivity index (χ0) is 22.9. The van der Waals surface area contributed by atoms with Gasteiger partial charge in [0.2, 0.25) is 11.8 Å². The molecule has 31 heavy (non-hydrogen) atoms. The maximum atomic E-state index is 12.7. The number of alkyl halides is 3. The van der Waals surface area contributed by atoms with Gasteiger partial charge >= 0.3 is 6.18 Å². The molecule has 7 nitrogen and oxygen atoms in total. The van der Waals surface area contributed by atoms with Crippen molar-refractivity contribution < 1.29 is 32.2 Å². The standard InChI is InChI=1S/C21H22F3N3O4/c1-3-31-18-11-14(7-8-17(18)30-2)13-25-27-20(29)10-9-19(28)26-16-6-4-5-15(12-16)21(22,23)24/h4-8,11-13H,3,9-10H2,1-2H3,(H,26,28)(H,27,29). The van der Waals surface area contributed by atoms with Crippen LogP contribution in [0.3, 0.4) is 0 Å². The predicted molar refractivity (Wildman–Crippen MR) is 109 cm³/mol. The first-order valence-corrected chi connectivity index (χ1v) is 9.32. The van der Waals surface area contributed by atoms with Crippen molar-refractivity contribution in [1.29, 1.82) is 0 Å². The molecule has 0 bridgehead atoms. The van der Waals surface area contributed by atoms with Crippen LogP contribution in [0.5, 0.6) is 11.5 Å². The number of benzene rings is 2. The highest BCUT2D eigenvalue weighted by Crippen LogP contribution is 2.30. The van der Waals surface area contributed by atoms with Crippen molar-refractivity contribution in [3.63, 3.8) is 0 Å². The second-order valence-corrected chi connectivity index (χ2v) is 6.26. The lowest BCUT2D eigenvalue weighted by Crippen LogP contribution is -2.20. The van der Waals surface area contributed by atoms with E-state index in [1.54, 1.807) is 18.2 Å². The van der Waals surface area contributed by atoms with Gasteiger partial charge in [0.1, 0.15) is 0 Å². The van der Waals surface area contributed by atoms with Gasteiger partial charge in [-0.2, -0.15) is 18.3 Å². The second kappa shape index (κ2) is 11.0. The molecule has 0 heterocycles. The number of carbonyl (C=O) groups excluding carboxylic acids is 2. The fourth-order valence-electron chi connectivity index (χ4n) is 2.50. The smallest absolute Gasteiger partial charge is 0.416 e. The molecular formula is C21H22F3N3O4. The minimum Gasteiger partial charge on any atom is -0.493 e. The van der Waals surface area contributed by atoms with Gasteiger partial charge < -0.3 is 14.8 Å². The summed E-state index contributed by atoms with van der Waals surface area (Å²) in [6.45, 7) is 2.29. The number of ether oxygens (including phenoxy) is 2. The highest BCUT2D eigenvalue weighted by Gasteiger charge is 2.30. The summed E-state index contributed by atoms with van der Waals surface area (Å²) in [5, 5.41) is 6.16. The third kappa shape index (κ3) is 7.65. The second-order valence-electron chi connectivity index (χ2n) is 6.26. The van der Waals surface area contributed by atoms with Crippen LogP contribution in [0.1, 0.15) is 30.9 Å². The maximum Gasteiger partial charge on any atom is 0.416 e. The monoisotopic (exact) mass is 437 g/mol. The Hall–Kier alpha value is -3.56. The molecule has 0 radical (unpaired) electrons. The highest BCUT2D eigenvalue weighted by molar-refractivity contribution is 5.93. The normalized spacial score (nSPS) is 11.3. The van der Waals surface area contributed by atoms with Crippen molar-refractivity contribution in [3.8, 4) is 11.5 Å². The molecule has 10 heteroatoms. The minimum absolute atomic E-state index is 0.00265. The molecule has 0 unspecified atom stereocenters. The van der Waals surface area contributed by atoms with Crippen LogP contribution < -0.4 is 20.2 Å². The molecule has 0 aliphatic carbocycles. The molecule has 2 N–H and O–H groups in total.